The number of pyridine rings is 1. The quantitative estimate of drug-likeness (QED) is 0.856. The Kier molecular flexibility index (Phi) is 4.88. The molecule has 4 nitrogen and oxygen atoms in total. The van der Waals surface area contributed by atoms with Crippen molar-refractivity contribution in [1.82, 2.24) is 10.3 Å². The molecule has 0 radical (unpaired) electrons. The van der Waals surface area contributed by atoms with E-state index in [1.54, 1.807) is 36.7 Å². The van der Waals surface area contributed by atoms with Crippen molar-refractivity contribution in [2.75, 3.05) is 0 Å². The number of carbonyl (C=O) groups is 1. The molecule has 0 unspecified atom stereocenters. The number of amides is 1. The Bertz CT molecular complexity index is 661. The number of carbonyl (C=O) groups excluding carboxylic acids is 1. The van der Waals surface area contributed by atoms with Gasteiger partial charge in [0.15, 0.2) is 0 Å². The second kappa shape index (κ2) is 6.66. The molecule has 1 heterocycles. The van der Waals surface area contributed by atoms with Gasteiger partial charge in [-0.2, -0.15) is 0 Å². The summed E-state index contributed by atoms with van der Waals surface area (Å²) in [6, 6.07) is 11.0. The SMILES string of the molecule is CC(C)(C)c1ccc(OC(=O)NC(=S)c2cccnc2)cc1. The van der Waals surface area contributed by atoms with Gasteiger partial charge in [0.2, 0.25) is 0 Å². The fourth-order valence-corrected chi connectivity index (χ4v) is 2.02. The van der Waals surface area contributed by atoms with E-state index in [9.17, 15) is 4.79 Å². The molecule has 1 N–H and O–H groups in total. The second-order valence-electron chi connectivity index (χ2n) is 5.86. The molecule has 0 spiro atoms. The summed E-state index contributed by atoms with van der Waals surface area (Å²) in [5.41, 5.74) is 1.89. The van der Waals surface area contributed by atoms with Gasteiger partial charge < -0.3 is 4.74 Å². The van der Waals surface area contributed by atoms with Crippen molar-refractivity contribution in [3.8, 4) is 5.75 Å². The first kappa shape index (κ1) is 16.1. The first-order chi connectivity index (χ1) is 10.4. The Balaban J connectivity index is 1.96. The molecule has 0 saturated carbocycles. The number of nitrogens with one attached hydrogen (secondary N) is 1. The van der Waals surface area contributed by atoms with Gasteiger partial charge in [0, 0.05) is 18.0 Å². The zero-order chi connectivity index (χ0) is 16.2. The molecule has 2 rings (SSSR count). The Labute approximate surface area is 135 Å². The van der Waals surface area contributed by atoms with E-state index in [2.05, 4.69) is 31.1 Å². The van der Waals surface area contributed by atoms with E-state index in [4.69, 9.17) is 17.0 Å². The summed E-state index contributed by atoms with van der Waals surface area (Å²) >= 11 is 5.13. The average molecular weight is 314 g/mol. The molecule has 0 bridgehead atoms. The number of rotatable bonds is 2. The average Bonchev–Trinajstić information content (AvgIpc) is 2.47. The van der Waals surface area contributed by atoms with Crippen LogP contribution in [0.4, 0.5) is 4.79 Å². The van der Waals surface area contributed by atoms with Crippen molar-refractivity contribution >= 4 is 23.3 Å². The van der Waals surface area contributed by atoms with Crippen LogP contribution < -0.4 is 10.1 Å². The molecule has 0 saturated heterocycles. The van der Waals surface area contributed by atoms with Gasteiger partial charge in [-0.1, -0.05) is 45.1 Å². The monoisotopic (exact) mass is 314 g/mol. The van der Waals surface area contributed by atoms with Gasteiger partial charge in [0.05, 0.1) is 0 Å². The predicted octanol–water partition coefficient (Wildman–Crippen LogP) is 3.84. The summed E-state index contributed by atoms with van der Waals surface area (Å²) in [6.45, 7) is 6.38. The molecular formula is C17H18N2O2S. The minimum Gasteiger partial charge on any atom is -0.410 e. The fourth-order valence-electron chi connectivity index (χ4n) is 1.82. The Hall–Kier alpha value is -2.27. The van der Waals surface area contributed by atoms with E-state index in [1.165, 1.54) is 5.56 Å². The maximum Gasteiger partial charge on any atom is 0.417 e. The molecule has 5 heteroatoms. The number of aromatic nitrogens is 1. The van der Waals surface area contributed by atoms with Crippen molar-refractivity contribution in [2.24, 2.45) is 0 Å². The molecule has 0 aliphatic carbocycles. The number of hydrogen-bond donors (Lipinski definition) is 1. The highest BCUT2D eigenvalue weighted by Gasteiger charge is 2.14. The zero-order valence-corrected chi connectivity index (χ0v) is 13.6. The van der Waals surface area contributed by atoms with Gasteiger partial charge in [-0.25, -0.2) is 4.79 Å². The minimum absolute atomic E-state index is 0.0582. The lowest BCUT2D eigenvalue weighted by Gasteiger charge is -2.19. The zero-order valence-electron chi connectivity index (χ0n) is 12.8. The van der Waals surface area contributed by atoms with Gasteiger partial charge in [0.25, 0.3) is 0 Å². The van der Waals surface area contributed by atoms with Crippen LogP contribution in [0.15, 0.2) is 48.8 Å². The van der Waals surface area contributed by atoms with Crippen molar-refractivity contribution < 1.29 is 9.53 Å². The molecule has 0 atom stereocenters. The van der Waals surface area contributed by atoms with Crippen LogP contribution in [0, 0.1) is 0 Å². The van der Waals surface area contributed by atoms with Crippen molar-refractivity contribution in [3.05, 3.63) is 59.9 Å². The van der Waals surface area contributed by atoms with E-state index >= 15 is 0 Å². The lowest BCUT2D eigenvalue weighted by Crippen LogP contribution is -2.32. The highest BCUT2D eigenvalue weighted by atomic mass is 32.1. The Morgan fingerprint density at radius 3 is 2.41 bits per heavy atom. The molecule has 1 aromatic heterocycles. The Morgan fingerprint density at radius 2 is 1.86 bits per heavy atom. The molecule has 1 amide bonds. The van der Waals surface area contributed by atoms with Crippen LogP contribution in [-0.2, 0) is 5.41 Å². The maximum atomic E-state index is 11.8. The molecule has 2 aromatic rings. The molecule has 0 aliphatic heterocycles. The topological polar surface area (TPSA) is 51.2 Å². The van der Waals surface area contributed by atoms with Crippen LogP contribution in [0.25, 0.3) is 0 Å². The van der Waals surface area contributed by atoms with Gasteiger partial charge in [-0.15, -0.1) is 0 Å². The summed E-state index contributed by atoms with van der Waals surface area (Å²) in [4.78, 5) is 16.1. The molecule has 114 valence electrons. The van der Waals surface area contributed by atoms with E-state index < -0.39 is 6.09 Å². The van der Waals surface area contributed by atoms with Crippen LogP contribution in [0.1, 0.15) is 31.9 Å². The van der Waals surface area contributed by atoms with Crippen molar-refractivity contribution in [1.29, 1.82) is 0 Å². The summed E-state index contributed by atoms with van der Waals surface area (Å²) in [5.74, 6) is 0.472. The van der Waals surface area contributed by atoms with Gasteiger partial charge in [-0.3, -0.25) is 10.3 Å². The van der Waals surface area contributed by atoms with E-state index in [-0.39, 0.29) is 10.4 Å². The maximum absolute atomic E-state index is 11.8. The largest absolute Gasteiger partial charge is 0.417 e. The molecule has 0 fully saturated rings. The third kappa shape index (κ3) is 4.36. The van der Waals surface area contributed by atoms with E-state index in [0.717, 1.165) is 0 Å². The third-order valence-electron chi connectivity index (χ3n) is 3.07. The number of thiocarbonyl (C=S) groups is 1. The smallest absolute Gasteiger partial charge is 0.410 e. The first-order valence-corrected chi connectivity index (χ1v) is 7.31. The first-order valence-electron chi connectivity index (χ1n) is 6.90. The molecular weight excluding hydrogens is 296 g/mol. The molecule has 1 aromatic carbocycles. The number of ether oxygens (including phenoxy) is 1. The van der Waals surface area contributed by atoms with Crippen LogP contribution >= 0.6 is 12.2 Å². The van der Waals surface area contributed by atoms with Crippen molar-refractivity contribution in [3.63, 3.8) is 0 Å². The van der Waals surface area contributed by atoms with Crippen molar-refractivity contribution in [2.45, 2.75) is 26.2 Å². The minimum atomic E-state index is -0.614. The Morgan fingerprint density at radius 1 is 1.18 bits per heavy atom. The molecule has 22 heavy (non-hydrogen) atoms. The number of hydrogen-bond acceptors (Lipinski definition) is 4. The lowest BCUT2D eigenvalue weighted by molar-refractivity contribution is 0.206. The van der Waals surface area contributed by atoms with E-state index in [1.807, 2.05) is 12.1 Å². The van der Waals surface area contributed by atoms with Gasteiger partial charge in [-0.05, 0) is 35.2 Å². The lowest BCUT2D eigenvalue weighted by atomic mass is 9.87. The normalized spacial score (nSPS) is 10.9. The van der Waals surface area contributed by atoms with Crippen LogP contribution in [0.3, 0.4) is 0 Å². The van der Waals surface area contributed by atoms with Crippen LogP contribution in [0.5, 0.6) is 5.75 Å². The predicted molar refractivity (Wildman–Crippen MR) is 90.2 cm³/mol. The summed E-state index contributed by atoms with van der Waals surface area (Å²) in [5, 5.41) is 2.52. The highest BCUT2D eigenvalue weighted by Crippen LogP contribution is 2.24. The number of benzene rings is 1. The van der Waals surface area contributed by atoms with E-state index in [0.29, 0.717) is 11.3 Å². The standard InChI is InChI=1S/C17H18N2O2S/c1-17(2,3)13-6-8-14(9-7-13)21-16(20)19-15(22)12-5-4-10-18-11-12/h4-11H,1-3H3,(H,19,20,22). The summed E-state index contributed by atoms with van der Waals surface area (Å²) in [6.07, 6.45) is 2.61. The highest BCUT2D eigenvalue weighted by molar-refractivity contribution is 7.80. The summed E-state index contributed by atoms with van der Waals surface area (Å²) in [7, 11) is 0. The van der Waals surface area contributed by atoms with Gasteiger partial charge in [0.1, 0.15) is 10.7 Å². The fraction of sp³-hybridized carbons (Fsp3) is 0.235. The molecule has 0 aliphatic rings. The van der Waals surface area contributed by atoms with Gasteiger partial charge >= 0.3 is 6.09 Å². The van der Waals surface area contributed by atoms with Crippen LogP contribution in [0.2, 0.25) is 0 Å². The summed E-state index contributed by atoms with van der Waals surface area (Å²) < 4.78 is 5.22. The van der Waals surface area contributed by atoms with Crippen LogP contribution in [-0.4, -0.2) is 16.1 Å². The second-order valence-corrected chi connectivity index (χ2v) is 6.27. The number of nitrogens with zero attached hydrogens (tertiary/aromatic N) is 1. The third-order valence-corrected chi connectivity index (χ3v) is 3.41.